The highest BCUT2D eigenvalue weighted by molar-refractivity contribution is 6.05. The zero-order chi connectivity index (χ0) is 19.3. The van der Waals surface area contributed by atoms with Crippen LogP contribution in [0.4, 0.5) is 0 Å². The maximum Gasteiger partial charge on any atom is 0.255 e. The minimum Gasteiger partial charge on any atom is -0.322 e. The van der Waals surface area contributed by atoms with Gasteiger partial charge in [0.15, 0.2) is 0 Å². The third-order valence-corrected chi connectivity index (χ3v) is 7.08. The Hall–Kier alpha value is -2.25. The number of carbonyl (C=O) groups excluding carboxylic acids is 3. The first kappa shape index (κ1) is 17.8. The lowest BCUT2D eigenvalue weighted by molar-refractivity contribution is -0.136. The molecule has 0 bridgehead atoms. The van der Waals surface area contributed by atoms with E-state index in [9.17, 15) is 14.4 Å². The Kier molecular flexibility index (Phi) is 4.25. The maximum atomic E-state index is 12.9. The fraction of sp³-hybridized carbons (Fsp3) is 0.571. The van der Waals surface area contributed by atoms with Crippen LogP contribution >= 0.6 is 0 Å². The van der Waals surface area contributed by atoms with Crippen LogP contribution in [0.5, 0.6) is 0 Å². The van der Waals surface area contributed by atoms with Crippen LogP contribution in [-0.2, 0) is 22.7 Å². The van der Waals surface area contributed by atoms with Crippen molar-refractivity contribution in [2.75, 3.05) is 13.1 Å². The Morgan fingerprint density at radius 2 is 2.04 bits per heavy atom. The highest BCUT2D eigenvalue weighted by Gasteiger charge is 2.47. The SMILES string of the molecule is O=C1CCC(N2Cc3c(CNC4CCCC45CNC5)cccc3C2=O)C(=O)N1. The Labute approximate surface area is 164 Å². The van der Waals surface area contributed by atoms with Gasteiger partial charge in [0.2, 0.25) is 11.8 Å². The van der Waals surface area contributed by atoms with Crippen molar-refractivity contribution in [1.82, 2.24) is 20.9 Å². The molecule has 1 saturated carbocycles. The standard InChI is InChI=1S/C21H26N4O3/c26-18-7-6-16(19(27)24-18)25-10-15-13(3-1-4-14(15)20(25)28)9-23-17-5-2-8-21(17)11-22-12-21/h1,3-4,16-17,22-23H,2,5-12H2,(H,24,26,27). The van der Waals surface area contributed by atoms with Crippen molar-refractivity contribution >= 4 is 17.7 Å². The number of hydrogen-bond donors (Lipinski definition) is 3. The number of fused-ring (bicyclic) bond motifs is 1. The van der Waals surface area contributed by atoms with Gasteiger partial charge in [0.1, 0.15) is 6.04 Å². The van der Waals surface area contributed by atoms with Gasteiger partial charge in [-0.15, -0.1) is 0 Å². The van der Waals surface area contributed by atoms with Gasteiger partial charge in [-0.3, -0.25) is 19.7 Å². The second kappa shape index (κ2) is 6.67. The Balaban J connectivity index is 1.32. The maximum absolute atomic E-state index is 12.9. The van der Waals surface area contributed by atoms with E-state index in [1.165, 1.54) is 19.3 Å². The fourth-order valence-electron chi connectivity index (χ4n) is 5.38. The second-order valence-corrected chi connectivity index (χ2v) is 8.63. The lowest BCUT2D eigenvalue weighted by atomic mass is 9.77. The summed E-state index contributed by atoms with van der Waals surface area (Å²) in [7, 11) is 0. The molecule has 7 heteroatoms. The smallest absolute Gasteiger partial charge is 0.255 e. The largest absolute Gasteiger partial charge is 0.322 e. The topological polar surface area (TPSA) is 90.5 Å². The van der Waals surface area contributed by atoms with Crippen molar-refractivity contribution in [3.8, 4) is 0 Å². The average Bonchev–Trinajstić information content (AvgIpc) is 3.22. The molecular formula is C21H26N4O3. The van der Waals surface area contributed by atoms with Crippen LogP contribution in [0.25, 0.3) is 0 Å². The molecule has 3 heterocycles. The minimum atomic E-state index is -0.558. The van der Waals surface area contributed by atoms with E-state index >= 15 is 0 Å². The van der Waals surface area contributed by atoms with Gasteiger partial charge in [-0.2, -0.15) is 0 Å². The quantitative estimate of drug-likeness (QED) is 0.667. The molecule has 148 valence electrons. The van der Waals surface area contributed by atoms with Gasteiger partial charge in [-0.25, -0.2) is 0 Å². The number of amides is 3. The van der Waals surface area contributed by atoms with Gasteiger partial charge >= 0.3 is 0 Å². The molecule has 3 N–H and O–H groups in total. The third kappa shape index (κ3) is 2.76. The second-order valence-electron chi connectivity index (χ2n) is 8.63. The summed E-state index contributed by atoms with van der Waals surface area (Å²) in [4.78, 5) is 38.2. The number of nitrogens with one attached hydrogen (secondary N) is 3. The predicted octanol–water partition coefficient (Wildman–Crippen LogP) is 0.679. The van der Waals surface area contributed by atoms with Gasteiger partial charge in [0.05, 0.1) is 0 Å². The van der Waals surface area contributed by atoms with Crippen molar-refractivity contribution < 1.29 is 14.4 Å². The molecule has 4 aliphatic rings. The fourth-order valence-corrected chi connectivity index (χ4v) is 5.38. The molecule has 2 unspecified atom stereocenters. The molecule has 1 aromatic carbocycles. The van der Waals surface area contributed by atoms with Gasteiger partial charge in [-0.05, 0) is 36.5 Å². The molecule has 1 spiro atoms. The molecule has 0 aromatic heterocycles. The van der Waals surface area contributed by atoms with Crippen LogP contribution in [0.3, 0.4) is 0 Å². The summed E-state index contributed by atoms with van der Waals surface area (Å²) in [6, 6.07) is 5.82. The number of hydrogen-bond acceptors (Lipinski definition) is 5. The molecule has 3 amide bonds. The first-order valence-corrected chi connectivity index (χ1v) is 10.3. The monoisotopic (exact) mass is 382 g/mol. The van der Waals surface area contributed by atoms with Crippen LogP contribution < -0.4 is 16.0 Å². The zero-order valence-electron chi connectivity index (χ0n) is 15.9. The van der Waals surface area contributed by atoms with E-state index in [1.807, 2.05) is 12.1 Å². The lowest BCUT2D eigenvalue weighted by Crippen LogP contribution is -2.60. The van der Waals surface area contributed by atoms with E-state index in [0.717, 1.165) is 30.8 Å². The van der Waals surface area contributed by atoms with Crippen LogP contribution in [0.1, 0.15) is 53.6 Å². The number of imide groups is 1. The molecule has 28 heavy (non-hydrogen) atoms. The van der Waals surface area contributed by atoms with Crippen LogP contribution in [-0.4, -0.2) is 47.8 Å². The molecule has 3 aliphatic heterocycles. The molecule has 2 saturated heterocycles. The molecule has 7 nitrogen and oxygen atoms in total. The Morgan fingerprint density at radius 3 is 2.79 bits per heavy atom. The number of benzene rings is 1. The summed E-state index contributed by atoms with van der Waals surface area (Å²) in [6.45, 7) is 3.38. The van der Waals surface area contributed by atoms with Crippen LogP contribution in [0, 0.1) is 5.41 Å². The first-order chi connectivity index (χ1) is 13.6. The first-order valence-electron chi connectivity index (χ1n) is 10.3. The summed E-state index contributed by atoms with van der Waals surface area (Å²) in [6.07, 6.45) is 4.44. The van der Waals surface area contributed by atoms with E-state index < -0.39 is 6.04 Å². The minimum absolute atomic E-state index is 0.105. The van der Waals surface area contributed by atoms with Crippen molar-refractivity contribution in [2.24, 2.45) is 5.41 Å². The summed E-state index contributed by atoms with van der Waals surface area (Å²) >= 11 is 0. The third-order valence-electron chi connectivity index (χ3n) is 7.08. The van der Waals surface area contributed by atoms with Crippen molar-refractivity contribution in [3.63, 3.8) is 0 Å². The average molecular weight is 382 g/mol. The number of carbonyl (C=O) groups is 3. The predicted molar refractivity (Wildman–Crippen MR) is 102 cm³/mol. The van der Waals surface area contributed by atoms with E-state index in [1.54, 1.807) is 4.90 Å². The van der Waals surface area contributed by atoms with Crippen molar-refractivity contribution in [2.45, 2.75) is 57.3 Å². The Bertz CT molecular complexity index is 848. The van der Waals surface area contributed by atoms with Gasteiger partial charge in [-0.1, -0.05) is 18.6 Å². The van der Waals surface area contributed by atoms with Gasteiger partial charge in [0, 0.05) is 49.6 Å². The van der Waals surface area contributed by atoms with Gasteiger partial charge < -0.3 is 15.5 Å². The van der Waals surface area contributed by atoms with Crippen molar-refractivity contribution in [1.29, 1.82) is 0 Å². The lowest BCUT2D eigenvalue weighted by Gasteiger charge is -2.44. The molecule has 3 fully saturated rings. The summed E-state index contributed by atoms with van der Waals surface area (Å²) in [5.74, 6) is -0.722. The molecule has 0 radical (unpaired) electrons. The summed E-state index contributed by atoms with van der Waals surface area (Å²) in [5, 5.41) is 9.53. The number of piperidine rings is 1. The van der Waals surface area contributed by atoms with E-state index in [2.05, 4.69) is 22.0 Å². The van der Waals surface area contributed by atoms with E-state index in [-0.39, 0.29) is 24.1 Å². The van der Waals surface area contributed by atoms with Crippen LogP contribution in [0.15, 0.2) is 18.2 Å². The molecule has 1 aliphatic carbocycles. The normalized spacial score (nSPS) is 28.4. The molecule has 1 aromatic rings. The zero-order valence-corrected chi connectivity index (χ0v) is 15.9. The number of rotatable bonds is 4. The summed E-state index contributed by atoms with van der Waals surface area (Å²) < 4.78 is 0. The Morgan fingerprint density at radius 1 is 1.18 bits per heavy atom. The summed E-state index contributed by atoms with van der Waals surface area (Å²) in [5.41, 5.74) is 3.25. The van der Waals surface area contributed by atoms with E-state index in [0.29, 0.717) is 30.0 Å². The highest BCUT2D eigenvalue weighted by Crippen LogP contribution is 2.41. The van der Waals surface area contributed by atoms with Crippen molar-refractivity contribution in [3.05, 3.63) is 34.9 Å². The van der Waals surface area contributed by atoms with E-state index in [4.69, 9.17) is 0 Å². The van der Waals surface area contributed by atoms with Gasteiger partial charge in [0.25, 0.3) is 5.91 Å². The van der Waals surface area contributed by atoms with Crippen LogP contribution in [0.2, 0.25) is 0 Å². The number of nitrogens with zero attached hydrogens (tertiary/aromatic N) is 1. The molecule has 2 atom stereocenters. The molecular weight excluding hydrogens is 356 g/mol. The highest BCUT2D eigenvalue weighted by atomic mass is 16.2. The molecule has 5 rings (SSSR count).